The summed E-state index contributed by atoms with van der Waals surface area (Å²) in [6, 6.07) is 11.9. The Labute approximate surface area is 182 Å². The van der Waals surface area contributed by atoms with Crippen LogP contribution in [0.5, 0.6) is 0 Å². The zero-order chi connectivity index (χ0) is 21.8. The first-order chi connectivity index (χ1) is 15.0. The highest BCUT2D eigenvalue weighted by Crippen LogP contribution is 2.22. The molecular weight excluding hydrogens is 390 g/mol. The van der Waals surface area contributed by atoms with E-state index in [0.717, 1.165) is 30.0 Å². The first kappa shape index (κ1) is 20.9. The number of benzene rings is 1. The minimum atomic E-state index is -0.173. The number of anilines is 2. The molecule has 0 radical (unpaired) electrons. The first-order valence-electron chi connectivity index (χ1n) is 10.9. The van der Waals surface area contributed by atoms with Crippen LogP contribution in [0.2, 0.25) is 0 Å². The number of pyridine rings is 1. The van der Waals surface area contributed by atoms with E-state index in [0.29, 0.717) is 30.8 Å². The zero-order valence-electron chi connectivity index (χ0n) is 18.1. The number of aromatic nitrogens is 2. The number of aryl methyl sites for hydroxylation is 2. The largest absolute Gasteiger partial charge is 0.372 e. The summed E-state index contributed by atoms with van der Waals surface area (Å²) in [5, 5.41) is 5.84. The van der Waals surface area contributed by atoms with Crippen LogP contribution in [0.1, 0.15) is 47.4 Å². The summed E-state index contributed by atoms with van der Waals surface area (Å²) >= 11 is 0. The number of nitrogens with one attached hydrogen (secondary N) is 2. The van der Waals surface area contributed by atoms with Crippen LogP contribution < -0.4 is 15.5 Å². The molecule has 0 unspecified atom stereocenters. The first-order valence-corrected chi connectivity index (χ1v) is 10.9. The number of carbonyl (C=O) groups is 2. The van der Waals surface area contributed by atoms with Gasteiger partial charge >= 0.3 is 0 Å². The molecule has 0 atom stereocenters. The fourth-order valence-electron chi connectivity index (χ4n) is 4.08. The van der Waals surface area contributed by atoms with Crippen LogP contribution in [-0.2, 0) is 4.79 Å². The minimum Gasteiger partial charge on any atom is -0.372 e. The van der Waals surface area contributed by atoms with Gasteiger partial charge in [0.25, 0.3) is 5.91 Å². The van der Waals surface area contributed by atoms with E-state index in [1.54, 1.807) is 0 Å². The quantitative estimate of drug-likeness (QED) is 0.573. The van der Waals surface area contributed by atoms with Crippen LogP contribution in [-0.4, -0.2) is 40.8 Å². The van der Waals surface area contributed by atoms with Crippen molar-refractivity contribution in [1.29, 1.82) is 0 Å². The molecule has 31 heavy (non-hydrogen) atoms. The van der Waals surface area contributed by atoms with Gasteiger partial charge in [-0.1, -0.05) is 6.07 Å². The van der Waals surface area contributed by atoms with Gasteiger partial charge in [-0.2, -0.15) is 0 Å². The van der Waals surface area contributed by atoms with Crippen molar-refractivity contribution in [1.82, 2.24) is 14.7 Å². The predicted octanol–water partition coefficient (Wildman–Crippen LogP) is 3.70. The number of amides is 2. The summed E-state index contributed by atoms with van der Waals surface area (Å²) < 4.78 is 1.82. The summed E-state index contributed by atoms with van der Waals surface area (Å²) in [7, 11) is 0. The average Bonchev–Trinajstić information content (AvgIpc) is 3.40. The third-order valence-electron chi connectivity index (χ3n) is 5.72. The summed E-state index contributed by atoms with van der Waals surface area (Å²) in [5.41, 5.74) is 5.06. The summed E-state index contributed by atoms with van der Waals surface area (Å²) in [6.45, 7) is 6.45. The highest BCUT2D eigenvalue weighted by Gasteiger charge is 2.17. The third kappa shape index (κ3) is 4.71. The molecule has 2 amide bonds. The van der Waals surface area contributed by atoms with Gasteiger partial charge in [0.15, 0.2) is 0 Å². The molecule has 3 aromatic rings. The fourth-order valence-corrected chi connectivity index (χ4v) is 4.08. The number of carbonyl (C=O) groups excluding carboxylic acids is 2. The molecule has 7 nitrogen and oxygen atoms in total. The highest BCUT2D eigenvalue weighted by atomic mass is 16.2. The summed E-state index contributed by atoms with van der Waals surface area (Å²) in [6.07, 6.45) is 5.24. The maximum absolute atomic E-state index is 12.7. The van der Waals surface area contributed by atoms with Crippen molar-refractivity contribution in [3.8, 4) is 0 Å². The molecule has 4 rings (SSSR count). The van der Waals surface area contributed by atoms with Gasteiger partial charge < -0.3 is 15.5 Å². The lowest BCUT2D eigenvalue weighted by Gasteiger charge is -2.17. The van der Waals surface area contributed by atoms with Crippen LogP contribution in [0.3, 0.4) is 0 Å². The smallest absolute Gasteiger partial charge is 0.270 e. The van der Waals surface area contributed by atoms with Crippen molar-refractivity contribution in [3.05, 3.63) is 59.5 Å². The molecule has 1 fully saturated rings. The van der Waals surface area contributed by atoms with Gasteiger partial charge in [0.1, 0.15) is 11.3 Å². The number of imidazole rings is 1. The normalized spacial score (nSPS) is 13.5. The molecule has 0 bridgehead atoms. The maximum atomic E-state index is 12.7. The second-order valence-electron chi connectivity index (χ2n) is 8.08. The average molecular weight is 420 g/mol. The predicted molar refractivity (Wildman–Crippen MR) is 123 cm³/mol. The molecule has 1 saturated heterocycles. The van der Waals surface area contributed by atoms with E-state index in [2.05, 4.69) is 32.7 Å². The Bertz CT molecular complexity index is 1080. The van der Waals surface area contributed by atoms with Crippen LogP contribution in [0.25, 0.3) is 5.65 Å². The van der Waals surface area contributed by atoms with Gasteiger partial charge in [-0.15, -0.1) is 0 Å². The lowest BCUT2D eigenvalue weighted by molar-refractivity contribution is -0.116. The summed E-state index contributed by atoms with van der Waals surface area (Å²) in [4.78, 5) is 31.8. The molecule has 7 heteroatoms. The Morgan fingerprint density at radius 2 is 1.81 bits per heavy atom. The summed E-state index contributed by atoms with van der Waals surface area (Å²) in [5.74, 6) is -0.224. The Balaban J connectivity index is 1.24. The van der Waals surface area contributed by atoms with Gasteiger partial charge in [0.05, 0.1) is 5.69 Å². The molecule has 0 saturated carbocycles. The SMILES string of the molecule is Cc1nc2c(C)cccn2c1C(=O)NCCCC(=O)Nc1ccc(N2CCCC2)cc1. The molecule has 0 spiro atoms. The van der Waals surface area contributed by atoms with E-state index in [1.807, 2.05) is 48.7 Å². The third-order valence-corrected chi connectivity index (χ3v) is 5.72. The zero-order valence-corrected chi connectivity index (χ0v) is 18.1. The van der Waals surface area contributed by atoms with Gasteiger partial charge in [0, 0.05) is 43.6 Å². The topological polar surface area (TPSA) is 78.7 Å². The van der Waals surface area contributed by atoms with E-state index in [-0.39, 0.29) is 11.8 Å². The van der Waals surface area contributed by atoms with Crippen molar-refractivity contribution in [2.45, 2.75) is 39.5 Å². The lowest BCUT2D eigenvalue weighted by atomic mass is 10.2. The lowest BCUT2D eigenvalue weighted by Crippen LogP contribution is -2.27. The molecule has 3 heterocycles. The molecule has 162 valence electrons. The van der Waals surface area contributed by atoms with Gasteiger partial charge in [-0.3, -0.25) is 14.0 Å². The molecular formula is C24H29N5O2. The second kappa shape index (κ2) is 9.20. The maximum Gasteiger partial charge on any atom is 0.270 e. The van der Waals surface area contributed by atoms with E-state index in [1.165, 1.54) is 18.5 Å². The van der Waals surface area contributed by atoms with E-state index >= 15 is 0 Å². The van der Waals surface area contributed by atoms with Crippen molar-refractivity contribution < 1.29 is 9.59 Å². The highest BCUT2D eigenvalue weighted by molar-refractivity contribution is 5.95. The van der Waals surface area contributed by atoms with E-state index < -0.39 is 0 Å². The Kier molecular flexibility index (Phi) is 6.21. The molecule has 1 aliphatic heterocycles. The fraction of sp³-hybridized carbons (Fsp3) is 0.375. The van der Waals surface area contributed by atoms with Gasteiger partial charge in [-0.05, 0) is 69.0 Å². The Morgan fingerprint density at radius 3 is 2.55 bits per heavy atom. The van der Waals surface area contributed by atoms with Crippen molar-refractivity contribution >= 4 is 28.8 Å². The van der Waals surface area contributed by atoms with Crippen molar-refractivity contribution in [3.63, 3.8) is 0 Å². The van der Waals surface area contributed by atoms with Crippen molar-refractivity contribution in [2.75, 3.05) is 29.9 Å². The van der Waals surface area contributed by atoms with Crippen LogP contribution in [0.4, 0.5) is 11.4 Å². The molecule has 1 aromatic carbocycles. The number of fused-ring (bicyclic) bond motifs is 1. The standard InChI is InChI=1S/C24H29N5O2/c1-17-7-6-16-29-22(18(2)26-23(17)29)24(31)25-13-5-8-21(30)27-19-9-11-20(12-10-19)28-14-3-4-15-28/h6-7,9-12,16H,3-5,8,13-15H2,1-2H3,(H,25,31)(H,27,30). The number of nitrogens with zero attached hydrogens (tertiary/aromatic N) is 3. The second-order valence-corrected chi connectivity index (χ2v) is 8.08. The van der Waals surface area contributed by atoms with E-state index in [9.17, 15) is 9.59 Å². The molecule has 2 N–H and O–H groups in total. The van der Waals surface area contributed by atoms with Crippen LogP contribution in [0.15, 0.2) is 42.6 Å². The number of rotatable bonds is 7. The van der Waals surface area contributed by atoms with Crippen molar-refractivity contribution in [2.24, 2.45) is 0 Å². The Morgan fingerprint density at radius 1 is 1.06 bits per heavy atom. The number of hydrogen-bond donors (Lipinski definition) is 2. The van der Waals surface area contributed by atoms with Gasteiger partial charge in [-0.25, -0.2) is 4.98 Å². The number of hydrogen-bond acceptors (Lipinski definition) is 4. The van der Waals surface area contributed by atoms with Gasteiger partial charge in [0.2, 0.25) is 5.91 Å². The minimum absolute atomic E-state index is 0.0511. The molecule has 0 aliphatic carbocycles. The van der Waals surface area contributed by atoms with Crippen LogP contribution >= 0.6 is 0 Å². The Hall–Kier alpha value is -3.35. The van der Waals surface area contributed by atoms with Crippen LogP contribution in [0, 0.1) is 13.8 Å². The molecule has 1 aliphatic rings. The van der Waals surface area contributed by atoms with E-state index in [4.69, 9.17) is 0 Å². The molecule has 2 aromatic heterocycles. The monoisotopic (exact) mass is 419 g/mol.